The van der Waals surface area contributed by atoms with Crippen LogP contribution in [0.2, 0.25) is 0 Å². The minimum Gasteiger partial charge on any atom is -0.455 e. The van der Waals surface area contributed by atoms with Crippen LogP contribution in [-0.4, -0.2) is 16.1 Å². The largest absolute Gasteiger partial charge is 0.455 e. The topological polar surface area (TPSA) is 65.2 Å². The lowest BCUT2D eigenvalue weighted by Gasteiger charge is -2.02. The molecule has 24 heavy (non-hydrogen) atoms. The van der Waals surface area contributed by atoms with Gasteiger partial charge >= 0.3 is 5.97 Å². The Balaban J connectivity index is 1.58. The van der Waals surface area contributed by atoms with Crippen molar-refractivity contribution >= 4 is 5.97 Å². The molecule has 3 aromatic rings. The van der Waals surface area contributed by atoms with E-state index in [2.05, 4.69) is 10.1 Å². The number of carbonyl (C=O) groups excluding carboxylic acids is 1. The molecule has 0 unspecified atom stereocenters. The lowest BCUT2D eigenvalue weighted by molar-refractivity contribution is -0.144. The van der Waals surface area contributed by atoms with E-state index >= 15 is 0 Å². The Labute approximate surface area is 140 Å². The lowest BCUT2D eigenvalue weighted by atomic mass is 10.1. The van der Waals surface area contributed by atoms with Crippen molar-refractivity contribution in [2.24, 2.45) is 0 Å². The summed E-state index contributed by atoms with van der Waals surface area (Å²) < 4.78 is 10.4. The van der Waals surface area contributed by atoms with Crippen LogP contribution in [0.4, 0.5) is 0 Å². The zero-order chi connectivity index (χ0) is 16.9. The van der Waals surface area contributed by atoms with Crippen LogP contribution in [0.1, 0.15) is 22.6 Å². The van der Waals surface area contributed by atoms with E-state index in [1.165, 1.54) is 0 Å². The summed E-state index contributed by atoms with van der Waals surface area (Å²) in [5, 5.41) is 3.94. The second-order valence-electron chi connectivity index (χ2n) is 5.65. The highest BCUT2D eigenvalue weighted by Gasteiger charge is 2.12. The van der Waals surface area contributed by atoms with E-state index in [0.717, 1.165) is 22.3 Å². The highest BCUT2D eigenvalue weighted by molar-refractivity contribution is 5.72. The van der Waals surface area contributed by atoms with E-state index in [1.807, 2.05) is 62.4 Å². The number of aryl methyl sites for hydroxylation is 2. The Bertz CT molecular complexity index is 838. The van der Waals surface area contributed by atoms with E-state index in [-0.39, 0.29) is 24.9 Å². The average molecular weight is 322 g/mol. The van der Waals surface area contributed by atoms with Gasteiger partial charge in [0.25, 0.3) is 5.89 Å². The average Bonchev–Trinajstić information content (AvgIpc) is 3.04. The molecule has 122 valence electrons. The summed E-state index contributed by atoms with van der Waals surface area (Å²) in [5.41, 5.74) is 4.03. The fraction of sp³-hybridized carbons (Fsp3) is 0.211. The van der Waals surface area contributed by atoms with Gasteiger partial charge in [-0.3, -0.25) is 4.79 Å². The molecule has 5 nitrogen and oxygen atoms in total. The van der Waals surface area contributed by atoms with Gasteiger partial charge in [-0.25, -0.2) is 0 Å². The predicted molar refractivity (Wildman–Crippen MR) is 89.2 cm³/mol. The van der Waals surface area contributed by atoms with Crippen molar-refractivity contribution in [3.8, 4) is 11.4 Å². The number of hydrogen-bond acceptors (Lipinski definition) is 5. The molecule has 1 aromatic heterocycles. The molecule has 0 aliphatic rings. The van der Waals surface area contributed by atoms with E-state index in [0.29, 0.717) is 5.82 Å². The third-order valence-corrected chi connectivity index (χ3v) is 3.68. The van der Waals surface area contributed by atoms with Gasteiger partial charge in [-0.05, 0) is 25.0 Å². The van der Waals surface area contributed by atoms with Gasteiger partial charge in [-0.2, -0.15) is 4.98 Å². The van der Waals surface area contributed by atoms with E-state index in [1.54, 1.807) is 0 Å². The predicted octanol–water partition coefficient (Wildman–Crippen LogP) is 3.64. The van der Waals surface area contributed by atoms with Crippen molar-refractivity contribution in [1.29, 1.82) is 0 Å². The van der Waals surface area contributed by atoms with Gasteiger partial charge in [0.1, 0.15) is 0 Å². The molecule has 0 spiro atoms. The maximum Gasteiger partial charge on any atom is 0.310 e. The van der Waals surface area contributed by atoms with Crippen molar-refractivity contribution in [3.05, 3.63) is 71.1 Å². The molecule has 0 aliphatic heterocycles. The van der Waals surface area contributed by atoms with Crippen molar-refractivity contribution in [3.63, 3.8) is 0 Å². The van der Waals surface area contributed by atoms with E-state index < -0.39 is 0 Å². The van der Waals surface area contributed by atoms with Gasteiger partial charge in [0.05, 0.1) is 6.42 Å². The number of ether oxygens (including phenoxy) is 1. The first-order valence-corrected chi connectivity index (χ1v) is 7.71. The highest BCUT2D eigenvalue weighted by Crippen LogP contribution is 2.20. The summed E-state index contributed by atoms with van der Waals surface area (Å²) >= 11 is 0. The van der Waals surface area contributed by atoms with Gasteiger partial charge in [0, 0.05) is 5.56 Å². The molecule has 0 saturated carbocycles. The molecule has 3 rings (SSSR count). The molecule has 0 radical (unpaired) electrons. The third-order valence-electron chi connectivity index (χ3n) is 3.68. The highest BCUT2D eigenvalue weighted by atomic mass is 16.6. The quantitative estimate of drug-likeness (QED) is 0.671. The maximum absolute atomic E-state index is 11.9. The molecule has 2 aromatic carbocycles. The summed E-state index contributed by atoms with van der Waals surface area (Å²) in [7, 11) is 0. The van der Waals surface area contributed by atoms with Crippen LogP contribution in [0.3, 0.4) is 0 Å². The second kappa shape index (κ2) is 7.08. The standard InChI is InChI=1S/C19H18N2O3/c1-13-7-9-15(10-8-13)11-18(22)23-12-17-20-19(21-24-17)16-6-4-3-5-14(16)2/h3-10H,11-12H2,1-2H3. The molecule has 0 fully saturated rings. The van der Waals surface area contributed by atoms with Crippen molar-refractivity contribution in [2.45, 2.75) is 26.9 Å². The van der Waals surface area contributed by atoms with Crippen LogP contribution in [0.5, 0.6) is 0 Å². The summed E-state index contributed by atoms with van der Waals surface area (Å²) in [6, 6.07) is 15.5. The second-order valence-corrected chi connectivity index (χ2v) is 5.65. The minimum atomic E-state index is -0.325. The normalized spacial score (nSPS) is 10.6. The van der Waals surface area contributed by atoms with Crippen molar-refractivity contribution in [2.75, 3.05) is 0 Å². The monoisotopic (exact) mass is 322 g/mol. The zero-order valence-corrected chi connectivity index (χ0v) is 13.7. The van der Waals surface area contributed by atoms with Crippen molar-refractivity contribution in [1.82, 2.24) is 10.1 Å². The molecule has 0 bridgehead atoms. The number of rotatable bonds is 5. The maximum atomic E-state index is 11.9. The van der Waals surface area contributed by atoms with Crippen LogP contribution in [-0.2, 0) is 22.6 Å². The SMILES string of the molecule is Cc1ccc(CC(=O)OCc2nc(-c3ccccc3C)no2)cc1. The Morgan fingerprint density at radius 2 is 1.83 bits per heavy atom. The van der Waals surface area contributed by atoms with Gasteiger partial charge in [-0.1, -0.05) is 59.3 Å². The number of hydrogen-bond donors (Lipinski definition) is 0. The number of esters is 1. The van der Waals surface area contributed by atoms with Crippen LogP contribution < -0.4 is 0 Å². The van der Waals surface area contributed by atoms with Gasteiger partial charge in [-0.15, -0.1) is 0 Å². The molecule has 5 heteroatoms. The number of aromatic nitrogens is 2. The van der Waals surface area contributed by atoms with Gasteiger partial charge in [0.15, 0.2) is 6.61 Å². The van der Waals surface area contributed by atoms with Gasteiger partial charge in [0.2, 0.25) is 5.82 Å². The van der Waals surface area contributed by atoms with Gasteiger partial charge < -0.3 is 9.26 Å². The third kappa shape index (κ3) is 3.87. The summed E-state index contributed by atoms with van der Waals surface area (Å²) in [6.45, 7) is 3.96. The Hall–Kier alpha value is -2.95. The van der Waals surface area contributed by atoms with Crippen LogP contribution >= 0.6 is 0 Å². The molecule has 0 N–H and O–H groups in total. The van der Waals surface area contributed by atoms with Crippen molar-refractivity contribution < 1.29 is 14.1 Å². The molecule has 0 saturated heterocycles. The van der Waals surface area contributed by atoms with E-state index in [9.17, 15) is 4.79 Å². The Morgan fingerprint density at radius 3 is 2.58 bits per heavy atom. The summed E-state index contributed by atoms with van der Waals surface area (Å²) in [5.74, 6) is 0.456. The Kier molecular flexibility index (Phi) is 4.70. The molecular weight excluding hydrogens is 304 g/mol. The smallest absolute Gasteiger partial charge is 0.310 e. The fourth-order valence-corrected chi connectivity index (χ4v) is 2.31. The summed E-state index contributed by atoms with van der Waals surface area (Å²) in [6.07, 6.45) is 0.221. The van der Waals surface area contributed by atoms with Crippen LogP contribution in [0, 0.1) is 13.8 Å². The fourth-order valence-electron chi connectivity index (χ4n) is 2.31. The first-order chi connectivity index (χ1) is 11.6. The first kappa shape index (κ1) is 15.9. The van der Waals surface area contributed by atoms with Crippen LogP contribution in [0.15, 0.2) is 53.1 Å². The molecular formula is C19H18N2O3. The Morgan fingerprint density at radius 1 is 1.08 bits per heavy atom. The molecule has 0 atom stereocenters. The molecule has 0 amide bonds. The summed E-state index contributed by atoms with van der Waals surface area (Å²) in [4.78, 5) is 16.2. The molecule has 1 heterocycles. The van der Waals surface area contributed by atoms with E-state index in [4.69, 9.17) is 9.26 Å². The zero-order valence-electron chi connectivity index (χ0n) is 13.7. The number of carbonyl (C=O) groups is 1. The lowest BCUT2D eigenvalue weighted by Crippen LogP contribution is -2.08. The minimum absolute atomic E-state index is 0.0242. The number of benzene rings is 2. The van der Waals surface area contributed by atoms with Crippen LogP contribution in [0.25, 0.3) is 11.4 Å². The number of nitrogens with zero attached hydrogens (tertiary/aromatic N) is 2. The molecule has 0 aliphatic carbocycles. The first-order valence-electron chi connectivity index (χ1n) is 7.71.